The average Bonchev–Trinajstić information content (AvgIpc) is 3.15. The van der Waals surface area contributed by atoms with Gasteiger partial charge in [0.05, 0.1) is 12.1 Å². The van der Waals surface area contributed by atoms with Gasteiger partial charge in [-0.3, -0.25) is 9.89 Å². The Bertz CT molecular complexity index is 1040. The zero-order chi connectivity index (χ0) is 21.1. The number of hydrogen-bond donors (Lipinski definition) is 1. The number of ketones is 1. The Labute approximate surface area is 176 Å². The topological polar surface area (TPSA) is 58.2 Å². The van der Waals surface area contributed by atoms with Crippen molar-refractivity contribution in [2.24, 2.45) is 0 Å². The van der Waals surface area contributed by atoms with Crippen LogP contribution in [-0.2, 0) is 0 Å². The van der Waals surface area contributed by atoms with Crippen molar-refractivity contribution >= 4 is 16.7 Å². The van der Waals surface area contributed by atoms with Crippen molar-refractivity contribution in [3.8, 4) is 5.75 Å². The van der Waals surface area contributed by atoms with E-state index in [1.807, 2.05) is 31.2 Å². The van der Waals surface area contributed by atoms with E-state index in [2.05, 4.69) is 15.1 Å². The summed E-state index contributed by atoms with van der Waals surface area (Å²) < 4.78 is 19.3. The molecular weight excluding hydrogens is 381 g/mol. The number of nitrogens with zero attached hydrogens (tertiary/aromatic N) is 2. The SMILES string of the molecule is CC(=O)c1ccc(OCCCN2CCC(c3[nH]nc4cc(F)ccc34)CC2)c(C)c1. The lowest BCUT2D eigenvalue weighted by atomic mass is 9.91. The summed E-state index contributed by atoms with van der Waals surface area (Å²) >= 11 is 0. The fourth-order valence-electron chi connectivity index (χ4n) is 4.26. The molecule has 0 atom stereocenters. The van der Waals surface area contributed by atoms with Crippen LogP contribution in [0.3, 0.4) is 0 Å². The largest absolute Gasteiger partial charge is 0.493 e. The maximum absolute atomic E-state index is 13.4. The number of nitrogens with one attached hydrogen (secondary N) is 1. The van der Waals surface area contributed by atoms with Crippen molar-refractivity contribution in [1.82, 2.24) is 15.1 Å². The van der Waals surface area contributed by atoms with Gasteiger partial charge in [-0.05, 0) is 82.1 Å². The number of ether oxygens (including phenoxy) is 1. The number of aromatic nitrogens is 2. The molecular formula is C24H28FN3O2. The molecule has 5 nitrogen and oxygen atoms in total. The number of carbonyl (C=O) groups is 1. The summed E-state index contributed by atoms with van der Waals surface area (Å²) in [6.45, 7) is 7.30. The molecule has 2 heterocycles. The third-order valence-corrected chi connectivity index (χ3v) is 6.00. The number of rotatable bonds is 7. The van der Waals surface area contributed by atoms with Crippen molar-refractivity contribution in [1.29, 1.82) is 0 Å². The van der Waals surface area contributed by atoms with Gasteiger partial charge in [-0.25, -0.2) is 4.39 Å². The van der Waals surface area contributed by atoms with E-state index in [0.717, 1.165) is 66.9 Å². The lowest BCUT2D eigenvalue weighted by Gasteiger charge is -2.31. The van der Waals surface area contributed by atoms with Gasteiger partial charge < -0.3 is 9.64 Å². The van der Waals surface area contributed by atoms with Crippen LogP contribution in [0.5, 0.6) is 5.75 Å². The van der Waals surface area contributed by atoms with Crippen LogP contribution in [0.2, 0.25) is 0 Å². The molecule has 0 unspecified atom stereocenters. The Hall–Kier alpha value is -2.73. The van der Waals surface area contributed by atoms with E-state index in [0.29, 0.717) is 18.0 Å². The number of benzene rings is 2. The number of hydrogen-bond acceptors (Lipinski definition) is 4. The third-order valence-electron chi connectivity index (χ3n) is 6.00. The molecule has 1 fully saturated rings. The first-order chi connectivity index (χ1) is 14.5. The molecule has 0 spiro atoms. The number of aromatic amines is 1. The van der Waals surface area contributed by atoms with E-state index in [9.17, 15) is 9.18 Å². The van der Waals surface area contributed by atoms with E-state index < -0.39 is 0 Å². The molecule has 1 aromatic heterocycles. The molecule has 1 aliphatic heterocycles. The van der Waals surface area contributed by atoms with Crippen molar-refractivity contribution in [2.45, 2.75) is 39.0 Å². The van der Waals surface area contributed by atoms with E-state index in [-0.39, 0.29) is 11.6 Å². The molecule has 2 aromatic carbocycles. The highest BCUT2D eigenvalue weighted by atomic mass is 19.1. The van der Waals surface area contributed by atoms with Gasteiger partial charge in [0.15, 0.2) is 5.78 Å². The summed E-state index contributed by atoms with van der Waals surface area (Å²) in [5.74, 6) is 1.11. The molecule has 1 N–H and O–H groups in total. The fraction of sp³-hybridized carbons (Fsp3) is 0.417. The summed E-state index contributed by atoms with van der Waals surface area (Å²) in [4.78, 5) is 13.9. The molecule has 1 aliphatic rings. The van der Waals surface area contributed by atoms with Gasteiger partial charge in [0.2, 0.25) is 0 Å². The van der Waals surface area contributed by atoms with E-state index in [1.54, 1.807) is 6.92 Å². The third kappa shape index (κ3) is 4.54. The highest BCUT2D eigenvalue weighted by Crippen LogP contribution is 2.31. The summed E-state index contributed by atoms with van der Waals surface area (Å²) in [6.07, 6.45) is 3.10. The number of aryl methyl sites for hydroxylation is 1. The van der Waals surface area contributed by atoms with E-state index >= 15 is 0 Å². The molecule has 30 heavy (non-hydrogen) atoms. The normalized spacial score (nSPS) is 15.6. The van der Waals surface area contributed by atoms with Gasteiger partial charge in [0, 0.05) is 35.2 Å². The predicted molar refractivity (Wildman–Crippen MR) is 116 cm³/mol. The quantitative estimate of drug-likeness (QED) is 0.447. The van der Waals surface area contributed by atoms with Crippen LogP contribution in [0, 0.1) is 12.7 Å². The van der Waals surface area contributed by atoms with E-state index in [4.69, 9.17) is 4.74 Å². The van der Waals surface area contributed by atoms with Gasteiger partial charge in [0.1, 0.15) is 11.6 Å². The second kappa shape index (κ2) is 8.96. The van der Waals surface area contributed by atoms with Crippen LogP contribution in [0.1, 0.15) is 53.7 Å². The van der Waals surface area contributed by atoms with Crippen LogP contribution < -0.4 is 4.74 Å². The Morgan fingerprint density at radius 3 is 2.77 bits per heavy atom. The average molecular weight is 410 g/mol. The van der Waals surface area contributed by atoms with Crippen molar-refractivity contribution in [3.63, 3.8) is 0 Å². The lowest BCUT2D eigenvalue weighted by Crippen LogP contribution is -2.34. The maximum atomic E-state index is 13.4. The van der Waals surface area contributed by atoms with Crippen LogP contribution in [0.4, 0.5) is 4.39 Å². The van der Waals surface area contributed by atoms with Crippen LogP contribution in [-0.4, -0.2) is 47.1 Å². The van der Waals surface area contributed by atoms with Gasteiger partial charge >= 0.3 is 0 Å². The van der Waals surface area contributed by atoms with Crippen molar-refractivity contribution < 1.29 is 13.9 Å². The van der Waals surface area contributed by atoms with Crippen LogP contribution in [0.25, 0.3) is 10.9 Å². The van der Waals surface area contributed by atoms with Crippen LogP contribution >= 0.6 is 0 Å². The standard InChI is InChI=1S/C24H28FN3O2/c1-16-14-19(17(2)29)4-7-23(16)30-13-3-10-28-11-8-18(9-12-28)24-21-6-5-20(25)15-22(21)26-27-24/h4-7,14-15,18H,3,8-13H2,1-2H3,(H,26,27). The molecule has 1 saturated heterocycles. The monoisotopic (exact) mass is 409 g/mol. The first-order valence-corrected chi connectivity index (χ1v) is 10.6. The minimum Gasteiger partial charge on any atom is -0.493 e. The number of fused-ring (bicyclic) bond motifs is 1. The molecule has 0 radical (unpaired) electrons. The summed E-state index contributed by atoms with van der Waals surface area (Å²) in [6, 6.07) is 10.4. The maximum Gasteiger partial charge on any atom is 0.159 e. The van der Waals surface area contributed by atoms with Crippen LogP contribution in [0.15, 0.2) is 36.4 Å². The predicted octanol–water partition coefficient (Wildman–Crippen LogP) is 4.86. The highest BCUT2D eigenvalue weighted by molar-refractivity contribution is 5.94. The Morgan fingerprint density at radius 1 is 1.23 bits per heavy atom. The number of Topliss-reactive ketones (excluding diaryl/α,β-unsaturated/α-hetero) is 1. The summed E-state index contributed by atoms with van der Waals surface area (Å²) in [7, 11) is 0. The minimum absolute atomic E-state index is 0.0725. The number of H-pyrrole nitrogens is 1. The molecule has 0 amide bonds. The van der Waals surface area contributed by atoms with Crippen molar-refractivity contribution in [3.05, 3.63) is 59.0 Å². The Morgan fingerprint density at radius 2 is 2.03 bits per heavy atom. The zero-order valence-corrected chi connectivity index (χ0v) is 17.6. The number of likely N-dealkylation sites (tertiary alicyclic amines) is 1. The lowest BCUT2D eigenvalue weighted by molar-refractivity contribution is 0.101. The Kier molecular flexibility index (Phi) is 6.13. The summed E-state index contributed by atoms with van der Waals surface area (Å²) in [5.41, 5.74) is 3.56. The number of carbonyl (C=O) groups excluding carboxylic acids is 1. The Balaban J connectivity index is 1.23. The smallest absolute Gasteiger partial charge is 0.159 e. The zero-order valence-electron chi connectivity index (χ0n) is 17.6. The van der Waals surface area contributed by atoms with Gasteiger partial charge in [0.25, 0.3) is 0 Å². The highest BCUT2D eigenvalue weighted by Gasteiger charge is 2.23. The van der Waals surface area contributed by atoms with Gasteiger partial charge in [-0.15, -0.1) is 0 Å². The van der Waals surface area contributed by atoms with Gasteiger partial charge in [-0.1, -0.05) is 0 Å². The molecule has 0 bridgehead atoms. The number of piperidine rings is 1. The molecule has 6 heteroatoms. The summed E-state index contributed by atoms with van der Waals surface area (Å²) in [5, 5.41) is 8.44. The molecule has 4 rings (SSSR count). The fourth-order valence-corrected chi connectivity index (χ4v) is 4.26. The molecule has 0 saturated carbocycles. The first kappa shape index (κ1) is 20.5. The first-order valence-electron chi connectivity index (χ1n) is 10.6. The second-order valence-electron chi connectivity index (χ2n) is 8.15. The minimum atomic E-state index is -0.248. The van der Waals surface area contributed by atoms with E-state index in [1.165, 1.54) is 12.1 Å². The van der Waals surface area contributed by atoms with Gasteiger partial charge in [-0.2, -0.15) is 5.10 Å². The number of halogens is 1. The second-order valence-corrected chi connectivity index (χ2v) is 8.15. The van der Waals surface area contributed by atoms with Crippen molar-refractivity contribution in [2.75, 3.05) is 26.2 Å². The molecule has 158 valence electrons. The molecule has 0 aliphatic carbocycles. The molecule has 3 aromatic rings.